The van der Waals surface area contributed by atoms with Gasteiger partial charge in [0.1, 0.15) is 5.75 Å². The van der Waals surface area contributed by atoms with E-state index in [9.17, 15) is 0 Å². The van der Waals surface area contributed by atoms with E-state index in [0.29, 0.717) is 12.0 Å². The summed E-state index contributed by atoms with van der Waals surface area (Å²) in [6.45, 7) is 1.77. The molecule has 1 saturated heterocycles. The van der Waals surface area contributed by atoms with E-state index in [1.54, 1.807) is 7.11 Å². The number of hydrogen-bond donors (Lipinski definition) is 1. The van der Waals surface area contributed by atoms with Gasteiger partial charge in [0, 0.05) is 18.6 Å². The Bertz CT molecular complexity index is 348. The largest absolute Gasteiger partial charge is 0.496 e. The number of nitrogens with one attached hydrogen (secondary N) is 1. The highest BCUT2D eigenvalue weighted by molar-refractivity contribution is 5.33. The van der Waals surface area contributed by atoms with E-state index in [1.807, 2.05) is 19.2 Å². The summed E-state index contributed by atoms with van der Waals surface area (Å²) >= 11 is 0. The maximum atomic E-state index is 5.46. The predicted molar refractivity (Wildman–Crippen MR) is 68.5 cm³/mol. The first-order valence-corrected chi connectivity index (χ1v) is 6.22. The van der Waals surface area contributed by atoms with Crippen LogP contribution in [0.25, 0.3) is 0 Å². The lowest BCUT2D eigenvalue weighted by Gasteiger charge is -2.22. The minimum atomic E-state index is 0.466. The Morgan fingerprint density at radius 2 is 2.29 bits per heavy atom. The SMILES string of the molecule is CNC(Cc1ccccc1OC)C1CCOC1. The van der Waals surface area contributed by atoms with Crippen LogP contribution in [0.5, 0.6) is 5.75 Å². The normalized spacial score (nSPS) is 21.4. The van der Waals surface area contributed by atoms with E-state index in [-0.39, 0.29) is 0 Å². The summed E-state index contributed by atoms with van der Waals surface area (Å²) in [7, 11) is 3.75. The van der Waals surface area contributed by atoms with E-state index in [0.717, 1.165) is 31.8 Å². The molecule has 1 aromatic carbocycles. The van der Waals surface area contributed by atoms with Crippen LogP contribution < -0.4 is 10.1 Å². The molecule has 0 spiro atoms. The van der Waals surface area contributed by atoms with E-state index in [4.69, 9.17) is 9.47 Å². The summed E-state index contributed by atoms with van der Waals surface area (Å²) in [5.41, 5.74) is 1.27. The van der Waals surface area contributed by atoms with Crippen LogP contribution in [-0.2, 0) is 11.2 Å². The molecule has 1 heterocycles. The number of rotatable bonds is 5. The van der Waals surface area contributed by atoms with Crippen molar-refractivity contribution in [2.24, 2.45) is 5.92 Å². The molecule has 1 N–H and O–H groups in total. The van der Waals surface area contributed by atoms with Crippen molar-refractivity contribution >= 4 is 0 Å². The number of benzene rings is 1. The third-order valence-electron chi connectivity index (χ3n) is 3.54. The number of likely N-dealkylation sites (N-methyl/N-ethyl adjacent to an activating group) is 1. The van der Waals surface area contributed by atoms with Gasteiger partial charge in [0.2, 0.25) is 0 Å². The lowest BCUT2D eigenvalue weighted by Crippen LogP contribution is -2.36. The van der Waals surface area contributed by atoms with Gasteiger partial charge in [-0.3, -0.25) is 0 Å². The topological polar surface area (TPSA) is 30.5 Å². The van der Waals surface area contributed by atoms with Crippen LogP contribution in [0.2, 0.25) is 0 Å². The molecule has 3 heteroatoms. The fourth-order valence-corrected chi connectivity index (χ4v) is 2.48. The van der Waals surface area contributed by atoms with E-state index < -0.39 is 0 Å². The Hall–Kier alpha value is -1.06. The highest BCUT2D eigenvalue weighted by Crippen LogP contribution is 2.24. The zero-order valence-electron chi connectivity index (χ0n) is 10.6. The molecular weight excluding hydrogens is 214 g/mol. The molecule has 2 atom stereocenters. The summed E-state index contributed by atoms with van der Waals surface area (Å²) in [6, 6.07) is 8.70. The number of hydrogen-bond acceptors (Lipinski definition) is 3. The molecule has 1 fully saturated rings. The summed E-state index contributed by atoms with van der Waals surface area (Å²) in [4.78, 5) is 0. The second-order valence-electron chi connectivity index (χ2n) is 4.53. The van der Waals surface area contributed by atoms with Gasteiger partial charge in [-0.05, 0) is 31.5 Å². The van der Waals surface area contributed by atoms with Crippen molar-refractivity contribution < 1.29 is 9.47 Å². The first kappa shape index (κ1) is 12.4. The minimum Gasteiger partial charge on any atom is -0.496 e. The van der Waals surface area contributed by atoms with Gasteiger partial charge in [0.05, 0.1) is 13.7 Å². The van der Waals surface area contributed by atoms with Crippen molar-refractivity contribution in [3.05, 3.63) is 29.8 Å². The second kappa shape index (κ2) is 6.03. The smallest absolute Gasteiger partial charge is 0.122 e. The van der Waals surface area contributed by atoms with Gasteiger partial charge in [-0.1, -0.05) is 18.2 Å². The number of para-hydroxylation sites is 1. The van der Waals surface area contributed by atoms with Crippen molar-refractivity contribution in [3.8, 4) is 5.75 Å². The summed E-state index contributed by atoms with van der Waals surface area (Å²) < 4.78 is 10.9. The third-order valence-corrected chi connectivity index (χ3v) is 3.54. The van der Waals surface area contributed by atoms with E-state index in [1.165, 1.54) is 5.56 Å². The van der Waals surface area contributed by atoms with Crippen LogP contribution in [0.4, 0.5) is 0 Å². The molecule has 2 rings (SSSR count). The number of methoxy groups -OCH3 is 1. The lowest BCUT2D eigenvalue weighted by molar-refractivity contribution is 0.177. The van der Waals surface area contributed by atoms with Crippen molar-refractivity contribution in [1.82, 2.24) is 5.32 Å². The summed E-state index contributed by atoms with van der Waals surface area (Å²) in [5.74, 6) is 1.59. The van der Waals surface area contributed by atoms with Crippen LogP contribution in [0.1, 0.15) is 12.0 Å². The molecule has 1 aliphatic heterocycles. The highest BCUT2D eigenvalue weighted by Gasteiger charge is 2.25. The van der Waals surface area contributed by atoms with Crippen molar-refractivity contribution in [2.45, 2.75) is 18.9 Å². The Morgan fingerprint density at radius 3 is 2.94 bits per heavy atom. The van der Waals surface area contributed by atoms with E-state index in [2.05, 4.69) is 17.4 Å². The molecule has 0 saturated carbocycles. The minimum absolute atomic E-state index is 0.466. The molecule has 0 bridgehead atoms. The average molecular weight is 235 g/mol. The van der Waals surface area contributed by atoms with Gasteiger partial charge in [-0.15, -0.1) is 0 Å². The van der Waals surface area contributed by atoms with Gasteiger partial charge < -0.3 is 14.8 Å². The van der Waals surface area contributed by atoms with Crippen LogP contribution in [0, 0.1) is 5.92 Å². The van der Waals surface area contributed by atoms with Gasteiger partial charge in [0.25, 0.3) is 0 Å². The van der Waals surface area contributed by atoms with Gasteiger partial charge >= 0.3 is 0 Å². The van der Waals surface area contributed by atoms with Crippen LogP contribution in [-0.4, -0.2) is 33.4 Å². The van der Waals surface area contributed by atoms with Gasteiger partial charge in [-0.25, -0.2) is 0 Å². The molecule has 0 aromatic heterocycles. The average Bonchev–Trinajstić information content (AvgIpc) is 2.90. The van der Waals surface area contributed by atoms with Crippen LogP contribution in [0.3, 0.4) is 0 Å². The fourth-order valence-electron chi connectivity index (χ4n) is 2.48. The first-order chi connectivity index (χ1) is 8.35. The van der Waals surface area contributed by atoms with Crippen molar-refractivity contribution in [3.63, 3.8) is 0 Å². The Morgan fingerprint density at radius 1 is 1.47 bits per heavy atom. The zero-order chi connectivity index (χ0) is 12.1. The molecule has 3 nitrogen and oxygen atoms in total. The zero-order valence-corrected chi connectivity index (χ0v) is 10.6. The van der Waals surface area contributed by atoms with Crippen molar-refractivity contribution in [2.75, 3.05) is 27.4 Å². The van der Waals surface area contributed by atoms with Crippen LogP contribution in [0.15, 0.2) is 24.3 Å². The standard InChI is InChI=1S/C14H21NO2/c1-15-13(12-7-8-17-10-12)9-11-5-3-4-6-14(11)16-2/h3-6,12-13,15H,7-10H2,1-2H3. The Balaban J connectivity index is 2.06. The van der Waals surface area contributed by atoms with Crippen LogP contribution >= 0.6 is 0 Å². The molecule has 0 radical (unpaired) electrons. The maximum absolute atomic E-state index is 5.46. The lowest BCUT2D eigenvalue weighted by atomic mass is 9.92. The summed E-state index contributed by atoms with van der Waals surface area (Å²) in [5, 5.41) is 3.41. The first-order valence-electron chi connectivity index (χ1n) is 6.22. The second-order valence-corrected chi connectivity index (χ2v) is 4.53. The Kier molecular flexibility index (Phi) is 4.40. The predicted octanol–water partition coefficient (Wildman–Crippen LogP) is 1.86. The Labute approximate surface area is 103 Å². The maximum Gasteiger partial charge on any atom is 0.122 e. The molecule has 1 aliphatic rings. The third kappa shape index (κ3) is 2.99. The molecular formula is C14H21NO2. The monoisotopic (exact) mass is 235 g/mol. The summed E-state index contributed by atoms with van der Waals surface area (Å²) in [6.07, 6.45) is 2.15. The van der Waals surface area contributed by atoms with E-state index >= 15 is 0 Å². The van der Waals surface area contributed by atoms with Gasteiger partial charge in [0.15, 0.2) is 0 Å². The highest BCUT2D eigenvalue weighted by atomic mass is 16.5. The molecule has 0 aliphatic carbocycles. The van der Waals surface area contributed by atoms with Crippen molar-refractivity contribution in [1.29, 1.82) is 0 Å². The fraction of sp³-hybridized carbons (Fsp3) is 0.571. The molecule has 94 valence electrons. The quantitative estimate of drug-likeness (QED) is 0.845. The van der Waals surface area contributed by atoms with Gasteiger partial charge in [-0.2, -0.15) is 0 Å². The number of ether oxygens (including phenoxy) is 2. The molecule has 1 aromatic rings. The molecule has 2 unspecified atom stereocenters. The molecule has 17 heavy (non-hydrogen) atoms. The molecule has 0 amide bonds.